The molecule has 0 atom stereocenters. The first-order valence-corrected chi connectivity index (χ1v) is 7.06. The summed E-state index contributed by atoms with van der Waals surface area (Å²) in [6.07, 6.45) is 2.75. The van der Waals surface area contributed by atoms with E-state index in [2.05, 4.69) is 4.98 Å². The maximum absolute atomic E-state index is 12.5. The fourth-order valence-electron chi connectivity index (χ4n) is 2.04. The molecule has 1 N–H and O–H groups in total. The van der Waals surface area contributed by atoms with E-state index in [1.807, 2.05) is 0 Å². The number of aromatic hydroxyl groups is 1. The molecular formula is C16H12N2O4S. The standard InChI is InChI=1S/C16H12N2O4S/c1-21-13-6-3-11(4-7-13)18-15(20)14(22-16(18)23)8-10-2-5-12(19)9-17-10/h2-9,19H,1H3/b14-8+. The molecule has 6 nitrogen and oxygen atoms in total. The first-order chi connectivity index (χ1) is 11.1. The second kappa shape index (κ2) is 6.05. The van der Waals surface area contributed by atoms with Crippen molar-refractivity contribution in [2.45, 2.75) is 0 Å². The number of pyridine rings is 1. The number of carbonyl (C=O) groups excluding carboxylic acids is 1. The van der Waals surface area contributed by atoms with Crippen LogP contribution in [0.4, 0.5) is 5.69 Å². The summed E-state index contributed by atoms with van der Waals surface area (Å²) in [5.41, 5.74) is 1.06. The third-order valence-corrected chi connectivity index (χ3v) is 3.44. The van der Waals surface area contributed by atoms with Crippen LogP contribution in [0, 0.1) is 0 Å². The Kier molecular flexibility index (Phi) is 3.94. The topological polar surface area (TPSA) is 71.9 Å². The molecule has 0 bridgehead atoms. The van der Waals surface area contributed by atoms with Gasteiger partial charge in [-0.1, -0.05) is 0 Å². The van der Waals surface area contributed by atoms with Gasteiger partial charge in [0, 0.05) is 6.08 Å². The fraction of sp³-hybridized carbons (Fsp3) is 0.0625. The van der Waals surface area contributed by atoms with E-state index >= 15 is 0 Å². The van der Waals surface area contributed by atoms with Gasteiger partial charge in [0.15, 0.2) is 5.76 Å². The molecular weight excluding hydrogens is 316 g/mol. The summed E-state index contributed by atoms with van der Waals surface area (Å²) in [4.78, 5) is 17.8. The lowest BCUT2D eigenvalue weighted by Gasteiger charge is -2.12. The number of carbonyl (C=O) groups is 1. The van der Waals surface area contributed by atoms with Crippen LogP contribution in [-0.2, 0) is 9.53 Å². The number of hydrogen-bond acceptors (Lipinski definition) is 6. The van der Waals surface area contributed by atoms with Crippen LogP contribution in [0.5, 0.6) is 11.5 Å². The summed E-state index contributed by atoms with van der Waals surface area (Å²) in [5.74, 6) is 0.413. The van der Waals surface area contributed by atoms with Crippen molar-refractivity contribution in [1.29, 1.82) is 0 Å². The monoisotopic (exact) mass is 328 g/mol. The minimum Gasteiger partial charge on any atom is -0.506 e. The molecule has 0 spiro atoms. The van der Waals surface area contributed by atoms with E-state index in [4.69, 9.17) is 21.7 Å². The lowest BCUT2D eigenvalue weighted by molar-refractivity contribution is -0.114. The third-order valence-electron chi connectivity index (χ3n) is 3.17. The number of amides is 1. The Morgan fingerprint density at radius 3 is 2.61 bits per heavy atom. The Bertz CT molecular complexity index is 785. The largest absolute Gasteiger partial charge is 0.506 e. The average molecular weight is 328 g/mol. The molecule has 1 aliphatic heterocycles. The van der Waals surface area contributed by atoms with Crippen molar-refractivity contribution in [1.82, 2.24) is 4.98 Å². The highest BCUT2D eigenvalue weighted by atomic mass is 32.1. The van der Waals surface area contributed by atoms with E-state index in [1.54, 1.807) is 37.4 Å². The third kappa shape index (κ3) is 3.00. The number of methoxy groups -OCH3 is 1. The van der Waals surface area contributed by atoms with Gasteiger partial charge in [-0.05, 0) is 48.6 Å². The van der Waals surface area contributed by atoms with E-state index < -0.39 is 0 Å². The molecule has 0 aliphatic carbocycles. The zero-order chi connectivity index (χ0) is 16.4. The van der Waals surface area contributed by atoms with E-state index in [0.717, 1.165) is 0 Å². The Morgan fingerprint density at radius 2 is 2.00 bits per heavy atom. The van der Waals surface area contributed by atoms with Crippen LogP contribution in [0.3, 0.4) is 0 Å². The SMILES string of the molecule is COc1ccc(N2C(=O)/C(=C\c3ccc(O)cn3)OC2=S)cc1. The molecule has 7 heteroatoms. The lowest BCUT2D eigenvalue weighted by Crippen LogP contribution is -2.27. The highest BCUT2D eigenvalue weighted by Gasteiger charge is 2.34. The zero-order valence-corrected chi connectivity index (χ0v) is 12.9. The van der Waals surface area contributed by atoms with Crippen LogP contribution in [0.1, 0.15) is 5.69 Å². The number of thiocarbonyl (C=S) groups is 1. The van der Waals surface area contributed by atoms with Crippen LogP contribution >= 0.6 is 12.2 Å². The number of benzene rings is 1. The van der Waals surface area contributed by atoms with Gasteiger partial charge < -0.3 is 14.6 Å². The van der Waals surface area contributed by atoms with E-state index in [-0.39, 0.29) is 22.6 Å². The maximum Gasteiger partial charge on any atom is 0.301 e. The van der Waals surface area contributed by atoms with Crippen LogP contribution in [-0.4, -0.2) is 28.3 Å². The highest BCUT2D eigenvalue weighted by Crippen LogP contribution is 2.27. The second-order valence-electron chi connectivity index (χ2n) is 4.66. The number of nitrogens with zero attached hydrogens (tertiary/aromatic N) is 2. The summed E-state index contributed by atoms with van der Waals surface area (Å²) < 4.78 is 10.5. The molecule has 1 fully saturated rings. The molecule has 1 amide bonds. The van der Waals surface area contributed by atoms with Gasteiger partial charge in [-0.25, -0.2) is 4.90 Å². The summed E-state index contributed by atoms with van der Waals surface area (Å²) >= 11 is 5.13. The van der Waals surface area contributed by atoms with Crippen molar-refractivity contribution < 1.29 is 19.4 Å². The first kappa shape index (κ1) is 15.0. The number of aromatic nitrogens is 1. The Labute approximate surface area is 137 Å². The average Bonchev–Trinajstić information content (AvgIpc) is 2.84. The van der Waals surface area contributed by atoms with Gasteiger partial charge >= 0.3 is 5.91 Å². The van der Waals surface area contributed by atoms with Crippen molar-refractivity contribution >= 4 is 35.1 Å². The zero-order valence-electron chi connectivity index (χ0n) is 12.1. The number of rotatable bonds is 3. The van der Waals surface area contributed by atoms with Crippen molar-refractivity contribution in [3.63, 3.8) is 0 Å². The quantitative estimate of drug-likeness (QED) is 0.689. The van der Waals surface area contributed by atoms with Crippen LogP contribution < -0.4 is 9.64 Å². The van der Waals surface area contributed by atoms with Gasteiger partial charge in [-0.15, -0.1) is 0 Å². The number of ether oxygens (including phenoxy) is 2. The molecule has 1 saturated heterocycles. The summed E-state index contributed by atoms with van der Waals surface area (Å²) in [7, 11) is 1.56. The Hall–Kier alpha value is -2.93. The molecule has 0 unspecified atom stereocenters. The second-order valence-corrected chi connectivity index (χ2v) is 5.01. The smallest absolute Gasteiger partial charge is 0.301 e. The molecule has 1 aromatic carbocycles. The molecule has 1 aromatic heterocycles. The molecule has 0 saturated carbocycles. The highest BCUT2D eigenvalue weighted by molar-refractivity contribution is 7.80. The van der Waals surface area contributed by atoms with E-state index in [1.165, 1.54) is 23.2 Å². The van der Waals surface area contributed by atoms with Crippen LogP contribution in [0.15, 0.2) is 48.4 Å². The van der Waals surface area contributed by atoms with Gasteiger partial charge in [0.2, 0.25) is 0 Å². The molecule has 2 heterocycles. The van der Waals surface area contributed by atoms with E-state index in [9.17, 15) is 9.90 Å². The van der Waals surface area contributed by atoms with Gasteiger partial charge in [0.05, 0.1) is 24.7 Å². The molecule has 0 radical (unpaired) electrons. The summed E-state index contributed by atoms with van der Waals surface area (Å²) in [6.45, 7) is 0. The number of hydrogen-bond donors (Lipinski definition) is 1. The normalized spacial score (nSPS) is 15.9. The predicted molar refractivity (Wildman–Crippen MR) is 88.0 cm³/mol. The van der Waals surface area contributed by atoms with Crippen molar-refractivity contribution in [3.8, 4) is 11.5 Å². The first-order valence-electron chi connectivity index (χ1n) is 6.65. The minimum atomic E-state index is -0.380. The molecule has 116 valence electrons. The molecule has 23 heavy (non-hydrogen) atoms. The molecule has 3 rings (SSSR count). The summed E-state index contributed by atoms with van der Waals surface area (Å²) in [5, 5.41) is 9.27. The van der Waals surface area contributed by atoms with Crippen molar-refractivity contribution in [3.05, 3.63) is 54.0 Å². The minimum absolute atomic E-state index is 0.0428. The number of anilines is 1. The van der Waals surface area contributed by atoms with E-state index in [0.29, 0.717) is 17.1 Å². The molecule has 1 aliphatic rings. The van der Waals surface area contributed by atoms with Gasteiger partial charge in [-0.2, -0.15) is 0 Å². The lowest BCUT2D eigenvalue weighted by atomic mass is 10.2. The Morgan fingerprint density at radius 1 is 1.26 bits per heavy atom. The summed E-state index contributed by atoms with van der Waals surface area (Å²) in [6, 6.07) is 9.93. The van der Waals surface area contributed by atoms with Crippen LogP contribution in [0.25, 0.3) is 6.08 Å². The van der Waals surface area contributed by atoms with Gasteiger partial charge in [0.25, 0.3) is 5.17 Å². The van der Waals surface area contributed by atoms with Crippen molar-refractivity contribution in [2.24, 2.45) is 0 Å². The van der Waals surface area contributed by atoms with Gasteiger partial charge in [0.1, 0.15) is 11.5 Å². The maximum atomic E-state index is 12.5. The predicted octanol–water partition coefficient (Wildman–Crippen LogP) is 2.49. The fourth-order valence-corrected chi connectivity index (χ4v) is 2.32. The van der Waals surface area contributed by atoms with Gasteiger partial charge in [-0.3, -0.25) is 9.78 Å². The van der Waals surface area contributed by atoms with Crippen molar-refractivity contribution in [2.75, 3.05) is 12.0 Å². The van der Waals surface area contributed by atoms with Crippen LogP contribution in [0.2, 0.25) is 0 Å². The molecule has 2 aromatic rings. The Balaban J connectivity index is 1.88.